The monoisotopic (exact) mass is 848 g/mol. The number of aromatic nitrogens is 5. The van der Waals surface area contributed by atoms with Crippen LogP contribution in [0.1, 0.15) is 51.0 Å². The minimum Gasteiger partial charge on any atom is -0.486 e. The first-order valence-electron chi connectivity index (χ1n) is 15.5. The number of rotatable bonds is 5. The number of imidazole rings is 1. The van der Waals surface area contributed by atoms with Crippen LogP contribution in [0.4, 0.5) is 0 Å². The topological polar surface area (TPSA) is 69.6 Å². The summed E-state index contributed by atoms with van der Waals surface area (Å²) in [6.07, 6.45) is 3.93. The second-order valence-electron chi connectivity index (χ2n) is 13.1. The quantitative estimate of drug-likeness (QED) is 0.128. The number of benzene rings is 3. The third-order valence-corrected chi connectivity index (χ3v) is 12.3. The molecule has 0 saturated carbocycles. The first-order valence-corrected chi connectivity index (χ1v) is 22.9. The van der Waals surface area contributed by atoms with Gasteiger partial charge in [0, 0.05) is 37.7 Å². The average molecular weight is 847 g/mol. The predicted molar refractivity (Wildman–Crippen MR) is 188 cm³/mol. The van der Waals surface area contributed by atoms with Gasteiger partial charge in [-0.3, -0.25) is 4.98 Å². The maximum Gasteiger partial charge on any atom is 0.219 e. The molecule has 0 aliphatic heterocycles. The summed E-state index contributed by atoms with van der Waals surface area (Å²) in [6.45, 7) is 10.7. The molecule has 7 aromatic rings. The van der Waals surface area contributed by atoms with Crippen LogP contribution in [0, 0.1) is 19.1 Å². The fraction of sp³-hybridized carbons (Fsp3) is 0.263. The van der Waals surface area contributed by atoms with Gasteiger partial charge < -0.3 is 8.98 Å². The Balaban J connectivity index is 0.000000187. The Labute approximate surface area is 287 Å². The molecule has 0 saturated heterocycles. The fourth-order valence-electron chi connectivity index (χ4n) is 5.80. The van der Waals surface area contributed by atoms with Crippen LogP contribution in [0.15, 0.2) is 83.5 Å². The maximum atomic E-state index is 6.11. The van der Waals surface area contributed by atoms with Crippen LogP contribution >= 0.6 is 0 Å². The molecule has 0 aliphatic rings. The molecular formula is C38H39GeIrN5O-2. The third kappa shape index (κ3) is 6.59. The van der Waals surface area contributed by atoms with E-state index in [4.69, 9.17) is 9.40 Å². The van der Waals surface area contributed by atoms with Crippen molar-refractivity contribution in [3.63, 3.8) is 0 Å². The summed E-state index contributed by atoms with van der Waals surface area (Å²) in [4.78, 5) is 18.3. The molecule has 0 unspecified atom stereocenters. The van der Waals surface area contributed by atoms with E-state index in [0.29, 0.717) is 17.5 Å². The van der Waals surface area contributed by atoms with Crippen molar-refractivity contribution >= 4 is 50.8 Å². The van der Waals surface area contributed by atoms with E-state index in [0.717, 1.165) is 50.0 Å². The van der Waals surface area contributed by atoms with Crippen molar-refractivity contribution < 1.29 is 24.5 Å². The molecule has 0 spiro atoms. The molecule has 4 heterocycles. The Morgan fingerprint density at radius 3 is 2.28 bits per heavy atom. The van der Waals surface area contributed by atoms with Gasteiger partial charge in [-0.15, -0.1) is 18.2 Å². The third-order valence-electron chi connectivity index (χ3n) is 8.00. The number of pyridine rings is 1. The Morgan fingerprint density at radius 1 is 0.826 bits per heavy atom. The molecule has 4 aromatic heterocycles. The number of nitrogens with zero attached hydrogens (tertiary/aromatic N) is 5. The molecule has 0 atom stereocenters. The molecule has 3 aromatic carbocycles. The van der Waals surface area contributed by atoms with Crippen LogP contribution in [0.25, 0.3) is 55.7 Å². The number of hydrogen-bond acceptors (Lipinski definition) is 5. The predicted octanol–water partition coefficient (Wildman–Crippen LogP) is 9.30. The van der Waals surface area contributed by atoms with E-state index >= 15 is 0 Å². The van der Waals surface area contributed by atoms with E-state index in [1.54, 1.807) is 0 Å². The molecule has 46 heavy (non-hydrogen) atoms. The van der Waals surface area contributed by atoms with Crippen molar-refractivity contribution in [1.29, 1.82) is 0 Å². The number of hydrogen-bond donors (Lipinski definition) is 0. The summed E-state index contributed by atoms with van der Waals surface area (Å²) in [6, 6.07) is 29.3. The Hall–Kier alpha value is -3.65. The van der Waals surface area contributed by atoms with Crippen LogP contribution in [0.2, 0.25) is 17.3 Å². The number of para-hydroxylation sites is 2. The standard InChI is InChI=1S/C21H17N4O.C17H22GeN.Ir/c1-12(2)25-18-10-5-4-9-17(18)24-20(25)15-8-6-7-14-16-11-22-13(3)23-21(16)26-19(14)15;1-13(2)15-11-17(14-9-7-6-8-10-14)19-12-16(15)18(3,4)5;/h4-7,9-12H,1-3H3;6-9,11-13H,1-5H3;/q2*-1;. The van der Waals surface area contributed by atoms with Gasteiger partial charge in [0.1, 0.15) is 5.82 Å². The number of furan rings is 1. The normalized spacial score (nSPS) is 11.7. The van der Waals surface area contributed by atoms with Gasteiger partial charge in [-0.1, -0.05) is 23.1 Å². The minimum absolute atomic E-state index is 0. The summed E-state index contributed by atoms with van der Waals surface area (Å²) in [5.74, 6) is 9.38. The van der Waals surface area contributed by atoms with Gasteiger partial charge in [0.25, 0.3) is 0 Å². The molecule has 7 rings (SSSR count). The van der Waals surface area contributed by atoms with Gasteiger partial charge >= 0.3 is 119 Å². The Kier molecular flexibility index (Phi) is 9.97. The second kappa shape index (κ2) is 13.6. The molecule has 0 amide bonds. The van der Waals surface area contributed by atoms with Crippen LogP contribution in [-0.4, -0.2) is 37.8 Å². The summed E-state index contributed by atoms with van der Waals surface area (Å²) in [5.41, 5.74) is 7.86. The van der Waals surface area contributed by atoms with Crippen molar-refractivity contribution in [2.45, 2.75) is 63.8 Å². The first-order chi connectivity index (χ1) is 21.5. The van der Waals surface area contributed by atoms with Crippen LogP contribution in [0.5, 0.6) is 0 Å². The van der Waals surface area contributed by atoms with Crippen LogP contribution in [0.3, 0.4) is 0 Å². The van der Waals surface area contributed by atoms with E-state index in [1.165, 1.54) is 9.96 Å². The van der Waals surface area contributed by atoms with E-state index in [-0.39, 0.29) is 26.1 Å². The van der Waals surface area contributed by atoms with Gasteiger partial charge in [0.15, 0.2) is 0 Å². The zero-order valence-electron chi connectivity index (χ0n) is 27.6. The zero-order valence-corrected chi connectivity index (χ0v) is 32.1. The van der Waals surface area contributed by atoms with E-state index in [2.05, 4.69) is 101 Å². The van der Waals surface area contributed by atoms with Gasteiger partial charge in [-0.05, 0) is 32.9 Å². The van der Waals surface area contributed by atoms with E-state index in [9.17, 15) is 0 Å². The van der Waals surface area contributed by atoms with Gasteiger partial charge in [-0.2, -0.15) is 4.98 Å². The van der Waals surface area contributed by atoms with Gasteiger partial charge in [0.05, 0.1) is 22.4 Å². The summed E-state index contributed by atoms with van der Waals surface area (Å²) in [5, 5.41) is 1.89. The molecule has 6 nitrogen and oxygen atoms in total. The Bertz CT molecular complexity index is 2130. The fourth-order valence-corrected chi connectivity index (χ4v) is 9.32. The van der Waals surface area contributed by atoms with Crippen molar-refractivity contribution in [1.82, 2.24) is 24.5 Å². The average Bonchev–Trinajstić information content (AvgIpc) is 3.59. The van der Waals surface area contributed by atoms with Crippen molar-refractivity contribution in [3.8, 4) is 22.6 Å². The molecule has 0 N–H and O–H groups in total. The van der Waals surface area contributed by atoms with Gasteiger partial charge in [-0.25, -0.2) is 4.98 Å². The number of aryl methyl sites for hydroxylation is 1. The summed E-state index contributed by atoms with van der Waals surface area (Å²) in [7, 11) is 0. The van der Waals surface area contributed by atoms with Crippen molar-refractivity contribution in [2.75, 3.05) is 0 Å². The summed E-state index contributed by atoms with van der Waals surface area (Å²) < 4.78 is 9.86. The largest absolute Gasteiger partial charge is 0.486 e. The van der Waals surface area contributed by atoms with Crippen molar-refractivity contribution in [2.24, 2.45) is 0 Å². The van der Waals surface area contributed by atoms with E-state index < -0.39 is 13.3 Å². The molecule has 1 radical (unpaired) electrons. The van der Waals surface area contributed by atoms with Gasteiger partial charge in [0.2, 0.25) is 5.71 Å². The van der Waals surface area contributed by atoms with Crippen LogP contribution < -0.4 is 4.40 Å². The van der Waals surface area contributed by atoms with Crippen LogP contribution in [-0.2, 0) is 20.1 Å². The SMILES string of the molecule is CC(C)c1cc(-c2[c-]cccc2)nc[c]1[Ge]([CH3])([CH3])[CH3].Cc1ncc2c(n1)oc1c(-c3nc4ccccc4n3C(C)C)[c-]ccc12.[Ir]. The second-order valence-corrected chi connectivity index (χ2v) is 23.6. The van der Waals surface area contributed by atoms with E-state index in [1.807, 2.05) is 61.7 Å². The summed E-state index contributed by atoms with van der Waals surface area (Å²) >= 11 is -1.85. The molecule has 8 heteroatoms. The smallest absolute Gasteiger partial charge is 0.219 e. The molecule has 237 valence electrons. The molecule has 0 fully saturated rings. The molecule has 0 bridgehead atoms. The van der Waals surface area contributed by atoms with Crippen molar-refractivity contribution in [3.05, 3.63) is 103 Å². The molecule has 0 aliphatic carbocycles. The minimum atomic E-state index is -1.85. The Morgan fingerprint density at radius 2 is 1.59 bits per heavy atom. The number of fused-ring (bicyclic) bond motifs is 4. The molecular weight excluding hydrogens is 807 g/mol. The zero-order chi connectivity index (χ0) is 31.9. The first kappa shape index (κ1) is 33.7. The maximum absolute atomic E-state index is 6.11.